The van der Waals surface area contributed by atoms with Gasteiger partial charge in [-0.1, -0.05) is 45.0 Å². The summed E-state index contributed by atoms with van der Waals surface area (Å²) in [6, 6.07) is 11.3. The molecule has 1 amide bonds. The van der Waals surface area contributed by atoms with Crippen LogP contribution in [-0.2, 0) is 49.2 Å². The summed E-state index contributed by atoms with van der Waals surface area (Å²) < 4.78 is 37.7. The SMILES string of the molecule is COC1(C)CC(O[C@H]2[C@H](C)[C@@H](OC3OC(C)CC(N(C)C)C3O)[C@](C)(O)C[C@@H](C)C(=O)[C@H](C)[C@@H](O)[C@](C)(O)[C@@H](CCNC(=O)Cc3cccc(-c4cccs4)c3)OC(=O)[C@@H]2C)OC(C)C1O. The number of likely N-dealkylation sites (N-methyl/N-ethyl adjacent to an activating group) is 1. The summed E-state index contributed by atoms with van der Waals surface area (Å²) in [4.78, 5) is 45.2. The smallest absolute Gasteiger partial charge is 0.311 e. The van der Waals surface area contributed by atoms with E-state index >= 15 is 0 Å². The number of Topliss-reactive ketones (excluding diaryl/α,β-unsaturated/α-hetero) is 1. The van der Waals surface area contributed by atoms with Crippen LogP contribution in [0.5, 0.6) is 0 Å². The normalized spacial score (nSPS) is 41.0. The van der Waals surface area contributed by atoms with Crippen LogP contribution >= 0.6 is 11.3 Å². The van der Waals surface area contributed by atoms with Gasteiger partial charge in [-0.3, -0.25) is 14.4 Å². The zero-order valence-electron chi connectivity index (χ0n) is 40.7. The molecule has 66 heavy (non-hydrogen) atoms. The Hall–Kier alpha value is -2.91. The molecule has 6 N–H and O–H groups in total. The van der Waals surface area contributed by atoms with Crippen LogP contribution < -0.4 is 5.32 Å². The Kier molecular flexibility index (Phi) is 18.2. The minimum absolute atomic E-state index is 0.0410. The summed E-state index contributed by atoms with van der Waals surface area (Å²) in [5, 5.41) is 64.1. The third-order valence-corrected chi connectivity index (χ3v) is 15.2. The molecule has 4 heterocycles. The number of amides is 1. The van der Waals surface area contributed by atoms with Crippen LogP contribution in [0.3, 0.4) is 0 Å². The van der Waals surface area contributed by atoms with E-state index in [1.165, 1.54) is 27.9 Å². The monoisotopic (exact) mass is 949 g/mol. The second kappa shape index (κ2) is 22.2. The largest absolute Gasteiger partial charge is 0.459 e. The summed E-state index contributed by atoms with van der Waals surface area (Å²) in [6.07, 6.45) is -11.0. The molecule has 16 nitrogen and oxygen atoms in total. The second-order valence-electron chi connectivity index (χ2n) is 20.1. The van der Waals surface area contributed by atoms with Crippen molar-refractivity contribution in [2.24, 2.45) is 23.7 Å². The Balaban J connectivity index is 1.50. The summed E-state index contributed by atoms with van der Waals surface area (Å²) in [5.74, 6) is -5.89. The van der Waals surface area contributed by atoms with Crippen LogP contribution in [0.4, 0.5) is 0 Å². The maximum absolute atomic E-state index is 14.7. The number of nitrogens with zero attached hydrogens (tertiary/aromatic N) is 1. The number of ether oxygens (including phenoxy) is 6. The number of carbonyl (C=O) groups is 3. The highest BCUT2D eigenvalue weighted by atomic mass is 32.1. The van der Waals surface area contributed by atoms with E-state index in [9.17, 15) is 39.9 Å². The lowest BCUT2D eigenvalue weighted by molar-refractivity contribution is -0.318. The Morgan fingerprint density at radius 1 is 0.924 bits per heavy atom. The van der Waals surface area contributed by atoms with E-state index in [4.69, 9.17) is 28.4 Å². The fraction of sp³-hybridized carbons (Fsp3) is 0.735. The third-order valence-electron chi connectivity index (χ3n) is 14.3. The molecule has 1 aromatic heterocycles. The minimum Gasteiger partial charge on any atom is -0.459 e. The van der Waals surface area contributed by atoms with Crippen LogP contribution in [0.2, 0.25) is 0 Å². The van der Waals surface area contributed by atoms with E-state index in [0.29, 0.717) is 6.42 Å². The van der Waals surface area contributed by atoms with Crippen molar-refractivity contribution < 1.29 is 68.3 Å². The molecule has 0 spiro atoms. The average molecular weight is 949 g/mol. The molecule has 0 bridgehead atoms. The first-order chi connectivity index (χ1) is 30.8. The lowest BCUT2D eigenvalue weighted by Crippen LogP contribution is -2.61. The Labute approximate surface area is 394 Å². The molecule has 3 aliphatic heterocycles. The number of ketones is 1. The second-order valence-corrected chi connectivity index (χ2v) is 21.0. The van der Waals surface area contributed by atoms with Crippen LogP contribution in [-0.4, -0.2) is 160 Å². The van der Waals surface area contributed by atoms with Gasteiger partial charge in [0.25, 0.3) is 0 Å². The molecule has 18 atom stereocenters. The zero-order chi connectivity index (χ0) is 49.1. The van der Waals surface area contributed by atoms with Crippen molar-refractivity contribution in [3.05, 3.63) is 47.3 Å². The number of methoxy groups -OCH3 is 1. The predicted molar refractivity (Wildman–Crippen MR) is 247 cm³/mol. The molecule has 1 aromatic carbocycles. The number of carbonyl (C=O) groups excluding carboxylic acids is 3. The standard InChI is InChI=1S/C49H76N2O14S/c1-26-24-47(7,58)44(65-46-40(54)34(51(10)11)21-27(2)61-46)29(4)41(64-38-25-48(8,60-12)43(56)31(6)62-38)30(5)45(57)63-36(49(9,59)42(55)28(3)39(26)53)18-19-50-37(52)23-32-15-13-16-33(22-32)35-17-14-20-66-35/h13-17,20,22,26-31,34,36,38,40-44,46,54-56,58-59H,18-19,21,23-25H2,1-12H3,(H,50,52)/t26-,27?,28+,29+,30-,31?,34?,36-,38?,40?,41+,42-,43?,44-,46?,47-,48?,49-/m1/s1. The van der Waals surface area contributed by atoms with E-state index in [1.54, 1.807) is 46.0 Å². The minimum atomic E-state index is -2.21. The van der Waals surface area contributed by atoms with Crippen molar-refractivity contribution in [3.8, 4) is 10.4 Å². The van der Waals surface area contributed by atoms with Gasteiger partial charge in [0.1, 0.15) is 29.7 Å². The number of thiophene rings is 1. The van der Waals surface area contributed by atoms with Gasteiger partial charge in [-0.05, 0) is 97.1 Å². The lowest BCUT2D eigenvalue weighted by Gasteiger charge is -2.49. The Morgan fingerprint density at radius 2 is 1.62 bits per heavy atom. The van der Waals surface area contributed by atoms with Crippen molar-refractivity contribution in [1.29, 1.82) is 0 Å². The summed E-state index contributed by atoms with van der Waals surface area (Å²) in [5.41, 5.74) is -3.41. The van der Waals surface area contributed by atoms with Gasteiger partial charge in [-0.2, -0.15) is 0 Å². The third kappa shape index (κ3) is 12.5. The van der Waals surface area contributed by atoms with Gasteiger partial charge >= 0.3 is 5.97 Å². The molecule has 3 saturated heterocycles. The topological polar surface area (TPSA) is 223 Å². The van der Waals surface area contributed by atoms with Crippen LogP contribution in [0.25, 0.3) is 10.4 Å². The Morgan fingerprint density at radius 3 is 2.26 bits per heavy atom. The Bertz CT molecular complexity index is 1910. The fourth-order valence-electron chi connectivity index (χ4n) is 10.1. The number of rotatable bonds is 12. The van der Waals surface area contributed by atoms with E-state index in [1.807, 2.05) is 67.7 Å². The van der Waals surface area contributed by atoms with Gasteiger partial charge in [0, 0.05) is 55.2 Å². The molecule has 8 unspecified atom stereocenters. The number of hydrogen-bond donors (Lipinski definition) is 6. The molecular weight excluding hydrogens is 873 g/mol. The maximum Gasteiger partial charge on any atom is 0.311 e. The van der Waals surface area contributed by atoms with Crippen molar-refractivity contribution in [2.75, 3.05) is 27.7 Å². The first kappa shape index (κ1) is 54.0. The van der Waals surface area contributed by atoms with Gasteiger partial charge in [-0.25, -0.2) is 0 Å². The molecule has 0 saturated carbocycles. The molecule has 0 radical (unpaired) electrons. The molecule has 3 aliphatic rings. The lowest BCUT2D eigenvalue weighted by atomic mass is 9.74. The maximum atomic E-state index is 14.7. The molecule has 372 valence electrons. The van der Waals surface area contributed by atoms with Gasteiger partial charge in [-0.15, -0.1) is 11.3 Å². The highest BCUT2D eigenvalue weighted by Crippen LogP contribution is 2.41. The highest BCUT2D eigenvalue weighted by Gasteiger charge is 2.53. The summed E-state index contributed by atoms with van der Waals surface area (Å²) >= 11 is 1.59. The summed E-state index contributed by atoms with van der Waals surface area (Å²) in [7, 11) is 5.14. The van der Waals surface area contributed by atoms with Crippen LogP contribution in [0.15, 0.2) is 41.8 Å². The van der Waals surface area contributed by atoms with Crippen molar-refractivity contribution in [3.63, 3.8) is 0 Å². The number of benzene rings is 1. The number of esters is 1. The first-order valence-electron chi connectivity index (χ1n) is 23.3. The quantitative estimate of drug-likeness (QED) is 0.166. The van der Waals surface area contributed by atoms with Crippen molar-refractivity contribution >= 4 is 29.0 Å². The average Bonchev–Trinajstić information content (AvgIpc) is 3.81. The molecular formula is C49H76N2O14S. The molecule has 2 aromatic rings. The van der Waals surface area contributed by atoms with Crippen molar-refractivity contribution in [1.82, 2.24) is 10.2 Å². The predicted octanol–water partition coefficient (Wildman–Crippen LogP) is 3.85. The van der Waals surface area contributed by atoms with E-state index in [2.05, 4.69) is 5.32 Å². The van der Waals surface area contributed by atoms with Gasteiger partial charge in [0.05, 0.1) is 54.1 Å². The number of aliphatic hydroxyl groups is 5. The van der Waals surface area contributed by atoms with Crippen molar-refractivity contribution in [2.45, 2.75) is 179 Å². The zero-order valence-corrected chi connectivity index (χ0v) is 41.5. The van der Waals surface area contributed by atoms with Gasteiger partial charge < -0.3 is 64.2 Å². The van der Waals surface area contributed by atoms with Gasteiger partial charge in [0.2, 0.25) is 5.91 Å². The summed E-state index contributed by atoms with van der Waals surface area (Å²) in [6.45, 7) is 14.4. The molecule has 5 rings (SSSR count). The molecule has 3 fully saturated rings. The molecule has 17 heteroatoms. The van der Waals surface area contributed by atoms with E-state index in [-0.39, 0.29) is 50.3 Å². The number of cyclic esters (lactones) is 1. The first-order valence-corrected chi connectivity index (χ1v) is 24.1. The fourth-order valence-corrected chi connectivity index (χ4v) is 10.9. The highest BCUT2D eigenvalue weighted by molar-refractivity contribution is 7.13. The van der Waals surface area contributed by atoms with Gasteiger partial charge in [0.15, 0.2) is 12.6 Å². The number of nitrogens with one attached hydrogen (secondary N) is 1. The van der Waals surface area contributed by atoms with Crippen LogP contribution in [0, 0.1) is 23.7 Å². The number of aliphatic hydroxyl groups excluding tert-OH is 3. The van der Waals surface area contributed by atoms with E-state index in [0.717, 1.165) is 16.0 Å². The number of hydrogen-bond acceptors (Lipinski definition) is 16. The van der Waals surface area contributed by atoms with E-state index < -0.39 is 108 Å². The van der Waals surface area contributed by atoms with Crippen LogP contribution in [0.1, 0.15) is 93.6 Å². The molecule has 0 aliphatic carbocycles.